The molecule has 15 heavy (non-hydrogen) atoms. The molecular weight excluding hydrogens is 228 g/mol. The zero-order chi connectivity index (χ0) is 12.0. The number of rotatable bonds is 7. The molecule has 0 aromatic rings. The Balaban J connectivity index is 4.20. The van der Waals surface area contributed by atoms with E-state index in [2.05, 4.69) is 51.3 Å². The molecule has 0 N–H and O–H groups in total. The zero-order valence-corrected chi connectivity index (χ0v) is 14.4. The van der Waals surface area contributed by atoms with Crippen LogP contribution in [0.1, 0.15) is 41.5 Å². The van der Waals surface area contributed by atoms with E-state index in [0.29, 0.717) is 0 Å². The molecule has 0 spiro atoms. The van der Waals surface area contributed by atoms with Crippen molar-refractivity contribution in [1.82, 2.24) is 0 Å². The average Bonchev–Trinajstić information content (AvgIpc) is 1.99. The van der Waals surface area contributed by atoms with E-state index < -0.39 is 0 Å². The summed E-state index contributed by atoms with van der Waals surface area (Å²) in [6.45, 7) is 14.2. The van der Waals surface area contributed by atoms with Gasteiger partial charge in [0.1, 0.15) is 0 Å². The molecule has 0 atom stereocenters. The van der Waals surface area contributed by atoms with Crippen molar-refractivity contribution >= 4 is 25.9 Å². The van der Waals surface area contributed by atoms with Crippen LogP contribution in [0.3, 0.4) is 0 Å². The molecule has 0 aliphatic heterocycles. The predicted molar refractivity (Wildman–Crippen MR) is 76.2 cm³/mol. The SMILES string of the molecule is CC(C)C[Si]([Si])[Si](CC(C)C)CC(C)C. The van der Waals surface area contributed by atoms with Gasteiger partial charge in [-0.1, -0.05) is 65.6 Å². The highest BCUT2D eigenvalue weighted by molar-refractivity contribution is 7.41. The lowest BCUT2D eigenvalue weighted by molar-refractivity contribution is 0.693. The lowest BCUT2D eigenvalue weighted by atomic mass is 10.3. The number of hydrogen-bond donors (Lipinski definition) is 0. The molecule has 0 fully saturated rings. The summed E-state index contributed by atoms with van der Waals surface area (Å²) in [5.41, 5.74) is 0. The quantitative estimate of drug-likeness (QED) is 0.609. The van der Waals surface area contributed by atoms with Gasteiger partial charge in [0.2, 0.25) is 0 Å². The van der Waals surface area contributed by atoms with Crippen LogP contribution in [0.4, 0.5) is 0 Å². The topological polar surface area (TPSA) is 0 Å². The van der Waals surface area contributed by atoms with E-state index in [1.165, 1.54) is 18.1 Å². The van der Waals surface area contributed by atoms with Crippen LogP contribution >= 0.6 is 0 Å². The first-order valence-corrected chi connectivity index (χ1v) is 12.4. The Morgan fingerprint density at radius 3 is 1.33 bits per heavy atom. The van der Waals surface area contributed by atoms with Crippen LogP contribution in [-0.4, -0.2) is 25.9 Å². The third kappa shape index (κ3) is 8.46. The van der Waals surface area contributed by atoms with Gasteiger partial charge < -0.3 is 0 Å². The summed E-state index contributed by atoms with van der Waals surface area (Å²) in [5, 5.41) is 0. The first-order valence-electron chi connectivity index (χ1n) is 6.25. The molecule has 0 heterocycles. The molecule has 0 amide bonds. The normalized spacial score (nSPS) is 12.8. The summed E-state index contributed by atoms with van der Waals surface area (Å²) in [6, 6.07) is 4.47. The first-order chi connectivity index (χ1) is 6.82. The van der Waals surface area contributed by atoms with Crippen LogP contribution in [0, 0.1) is 17.8 Å². The largest absolute Gasteiger partial charge is 0.0631 e. The molecule has 0 aromatic carbocycles. The van der Waals surface area contributed by atoms with Crippen molar-refractivity contribution in [2.24, 2.45) is 17.8 Å². The van der Waals surface area contributed by atoms with Crippen LogP contribution in [-0.2, 0) is 0 Å². The molecule has 0 nitrogen and oxygen atoms in total. The Morgan fingerprint density at radius 1 is 0.733 bits per heavy atom. The lowest BCUT2D eigenvalue weighted by Gasteiger charge is -2.25. The van der Waals surface area contributed by atoms with Gasteiger partial charge in [0, 0.05) is 25.9 Å². The van der Waals surface area contributed by atoms with Gasteiger partial charge in [-0.15, -0.1) is 0 Å². The van der Waals surface area contributed by atoms with E-state index in [0.717, 1.165) is 17.8 Å². The molecule has 0 aliphatic carbocycles. The molecule has 87 valence electrons. The molecule has 3 heteroatoms. The summed E-state index contributed by atoms with van der Waals surface area (Å²) in [6.07, 6.45) is 0. The zero-order valence-electron chi connectivity index (χ0n) is 11.4. The molecule has 0 aromatic heterocycles. The number of hydrogen-bond acceptors (Lipinski definition) is 0. The fraction of sp³-hybridized carbons (Fsp3) is 1.00. The van der Waals surface area contributed by atoms with Crippen LogP contribution in [0.15, 0.2) is 0 Å². The smallest absolute Gasteiger partial charge is 0.0345 e. The minimum Gasteiger partial charge on any atom is -0.0631 e. The second-order valence-electron chi connectivity index (χ2n) is 5.88. The van der Waals surface area contributed by atoms with Crippen molar-refractivity contribution < 1.29 is 0 Å². The summed E-state index contributed by atoms with van der Waals surface area (Å²) in [7, 11) is 3.79. The molecule has 0 bridgehead atoms. The van der Waals surface area contributed by atoms with Crippen LogP contribution in [0.2, 0.25) is 18.1 Å². The van der Waals surface area contributed by atoms with Crippen molar-refractivity contribution in [1.29, 1.82) is 0 Å². The Bertz CT molecular complexity index is 145. The minimum atomic E-state index is -0.210. The second kappa shape index (κ2) is 7.85. The van der Waals surface area contributed by atoms with E-state index in [-0.39, 0.29) is 16.1 Å². The van der Waals surface area contributed by atoms with E-state index in [1.807, 2.05) is 0 Å². The van der Waals surface area contributed by atoms with Crippen molar-refractivity contribution in [3.63, 3.8) is 0 Å². The molecule has 0 saturated heterocycles. The Morgan fingerprint density at radius 2 is 1.07 bits per heavy atom. The first kappa shape index (κ1) is 15.7. The van der Waals surface area contributed by atoms with E-state index in [1.54, 1.807) is 0 Å². The van der Waals surface area contributed by atoms with E-state index >= 15 is 0 Å². The van der Waals surface area contributed by atoms with E-state index in [9.17, 15) is 0 Å². The maximum absolute atomic E-state index is 4.10. The van der Waals surface area contributed by atoms with Gasteiger partial charge in [-0.3, -0.25) is 0 Å². The van der Waals surface area contributed by atoms with Gasteiger partial charge in [-0.05, 0) is 11.8 Å². The Hall–Kier alpha value is 0.651. The Labute approximate surface area is 103 Å². The molecule has 0 saturated carbocycles. The van der Waals surface area contributed by atoms with Crippen molar-refractivity contribution in [3.8, 4) is 0 Å². The van der Waals surface area contributed by atoms with Gasteiger partial charge >= 0.3 is 0 Å². The highest BCUT2D eigenvalue weighted by atomic mass is 29.6. The molecule has 5 radical (unpaired) electrons. The summed E-state index contributed by atoms with van der Waals surface area (Å²) in [4.78, 5) is 0. The van der Waals surface area contributed by atoms with Crippen molar-refractivity contribution in [2.75, 3.05) is 0 Å². The second-order valence-corrected chi connectivity index (χ2v) is 16.5. The molecule has 0 rings (SSSR count). The average molecular weight is 256 g/mol. The summed E-state index contributed by atoms with van der Waals surface area (Å²) >= 11 is 0. The van der Waals surface area contributed by atoms with Crippen LogP contribution < -0.4 is 0 Å². The van der Waals surface area contributed by atoms with Gasteiger partial charge in [-0.2, -0.15) is 0 Å². The van der Waals surface area contributed by atoms with Gasteiger partial charge in [0.05, 0.1) is 0 Å². The van der Waals surface area contributed by atoms with Gasteiger partial charge in [-0.25, -0.2) is 0 Å². The fourth-order valence-corrected chi connectivity index (χ4v) is 14.7. The van der Waals surface area contributed by atoms with Gasteiger partial charge in [0.25, 0.3) is 0 Å². The third-order valence-electron chi connectivity index (χ3n) is 2.35. The third-order valence-corrected chi connectivity index (χ3v) is 15.2. The highest BCUT2D eigenvalue weighted by Crippen LogP contribution is 2.19. The highest BCUT2D eigenvalue weighted by Gasteiger charge is 2.23. The molecule has 0 unspecified atom stereocenters. The summed E-state index contributed by atoms with van der Waals surface area (Å²) in [5.74, 6) is 2.65. The van der Waals surface area contributed by atoms with Crippen molar-refractivity contribution in [2.45, 2.75) is 59.7 Å². The van der Waals surface area contributed by atoms with Crippen LogP contribution in [0.25, 0.3) is 0 Å². The standard InChI is InChI=1S/C12H27Si3/c1-10(2)7-14(8-11(3)4)15(13)9-12(5)6/h10-12H,7-9H2,1-6H3. The van der Waals surface area contributed by atoms with Gasteiger partial charge in [0.15, 0.2) is 0 Å². The minimum absolute atomic E-state index is 0.101. The monoisotopic (exact) mass is 255 g/mol. The lowest BCUT2D eigenvalue weighted by Crippen LogP contribution is -2.39. The molecule has 0 aliphatic rings. The van der Waals surface area contributed by atoms with E-state index in [4.69, 9.17) is 0 Å². The van der Waals surface area contributed by atoms with Crippen LogP contribution in [0.5, 0.6) is 0 Å². The maximum Gasteiger partial charge on any atom is 0.0345 e. The van der Waals surface area contributed by atoms with Crippen molar-refractivity contribution in [3.05, 3.63) is 0 Å². The molecular formula is C12H27Si3. The predicted octanol–water partition coefficient (Wildman–Crippen LogP) is 3.69. The Kier molecular flexibility index (Phi) is 8.19. The summed E-state index contributed by atoms with van der Waals surface area (Å²) < 4.78 is 0. The maximum atomic E-state index is 4.10. The fourth-order valence-electron chi connectivity index (χ4n) is 1.87.